The fourth-order valence-corrected chi connectivity index (χ4v) is 1.93. The van der Waals surface area contributed by atoms with Gasteiger partial charge in [0, 0.05) is 11.3 Å². The monoisotopic (exact) mass is 193 g/mol. The van der Waals surface area contributed by atoms with E-state index in [-0.39, 0.29) is 5.78 Å². The molecule has 1 aromatic heterocycles. The summed E-state index contributed by atoms with van der Waals surface area (Å²) < 4.78 is 0. The predicted molar refractivity (Wildman–Crippen MR) is 52.6 cm³/mol. The molecule has 13 heavy (non-hydrogen) atoms. The summed E-state index contributed by atoms with van der Waals surface area (Å²) in [5.41, 5.74) is 0. The molecule has 0 aromatic carbocycles. The van der Waals surface area contributed by atoms with Crippen molar-refractivity contribution in [2.45, 2.75) is 25.7 Å². The minimum Gasteiger partial charge on any atom is -0.298 e. The molecule has 1 unspecified atom stereocenters. The first-order valence-electron chi connectivity index (χ1n) is 4.25. The van der Waals surface area contributed by atoms with Gasteiger partial charge in [0.25, 0.3) is 0 Å². The molecule has 0 bridgehead atoms. The second-order valence-corrected chi connectivity index (χ2v) is 3.77. The van der Waals surface area contributed by atoms with Gasteiger partial charge < -0.3 is 0 Å². The van der Waals surface area contributed by atoms with Crippen molar-refractivity contribution in [2.24, 2.45) is 0 Å². The number of hydrogen-bond donors (Lipinski definition) is 0. The molecule has 0 aliphatic rings. The van der Waals surface area contributed by atoms with Crippen LogP contribution < -0.4 is 0 Å². The Morgan fingerprint density at radius 1 is 1.77 bits per heavy atom. The van der Waals surface area contributed by atoms with Crippen molar-refractivity contribution in [3.63, 3.8) is 0 Å². The van der Waals surface area contributed by atoms with Crippen molar-refractivity contribution in [2.75, 3.05) is 0 Å². The Kier molecular flexibility index (Phi) is 3.66. The van der Waals surface area contributed by atoms with E-state index in [2.05, 4.69) is 0 Å². The number of nitrogens with zero attached hydrogens (tertiary/aromatic N) is 1. The second-order valence-electron chi connectivity index (χ2n) is 2.79. The van der Waals surface area contributed by atoms with E-state index >= 15 is 0 Å². The van der Waals surface area contributed by atoms with Crippen LogP contribution in [0.5, 0.6) is 0 Å². The number of hydrogen-bond acceptors (Lipinski definition) is 3. The van der Waals surface area contributed by atoms with Crippen molar-refractivity contribution in [3.05, 3.63) is 22.4 Å². The summed E-state index contributed by atoms with van der Waals surface area (Å²) in [6.07, 6.45) is 1.30. The lowest BCUT2D eigenvalue weighted by atomic mass is 10.0. The number of ketones is 1. The Hall–Kier alpha value is -1.14. The number of carbonyl (C=O) groups excluding carboxylic acids is 1. The van der Waals surface area contributed by atoms with Crippen LogP contribution in [0.15, 0.2) is 17.5 Å². The van der Waals surface area contributed by atoms with Crippen LogP contribution in [-0.2, 0) is 4.79 Å². The van der Waals surface area contributed by atoms with Gasteiger partial charge in [-0.1, -0.05) is 13.0 Å². The summed E-state index contributed by atoms with van der Waals surface area (Å²) in [4.78, 5) is 12.3. The van der Waals surface area contributed by atoms with Gasteiger partial charge in [-0.3, -0.25) is 4.79 Å². The second kappa shape index (κ2) is 4.78. The molecule has 1 heterocycles. The quantitative estimate of drug-likeness (QED) is 0.737. The van der Waals surface area contributed by atoms with E-state index in [1.165, 1.54) is 11.3 Å². The maximum Gasteiger partial charge on any atom is 0.155 e. The minimum absolute atomic E-state index is 0.0347. The highest BCUT2D eigenvalue weighted by Gasteiger charge is 2.19. The third kappa shape index (κ3) is 2.40. The zero-order valence-corrected chi connectivity index (χ0v) is 8.30. The fourth-order valence-electron chi connectivity index (χ4n) is 1.14. The summed E-state index contributed by atoms with van der Waals surface area (Å²) in [5.74, 6) is -0.507. The van der Waals surface area contributed by atoms with Gasteiger partial charge in [-0.05, 0) is 17.9 Å². The lowest BCUT2D eigenvalue weighted by molar-refractivity contribution is -0.119. The summed E-state index contributed by atoms with van der Waals surface area (Å²) >= 11 is 1.47. The van der Waals surface area contributed by atoms with Gasteiger partial charge in [0.05, 0.1) is 6.07 Å². The normalized spacial score (nSPS) is 12.0. The van der Waals surface area contributed by atoms with Crippen LogP contribution in [0, 0.1) is 11.3 Å². The Bertz CT molecular complexity index is 310. The summed E-state index contributed by atoms with van der Waals surface area (Å²) in [7, 11) is 0. The van der Waals surface area contributed by atoms with E-state index in [9.17, 15) is 4.79 Å². The topological polar surface area (TPSA) is 40.9 Å². The number of rotatable bonds is 4. The molecule has 0 N–H and O–H groups in total. The van der Waals surface area contributed by atoms with Gasteiger partial charge in [-0.15, -0.1) is 11.3 Å². The van der Waals surface area contributed by atoms with Gasteiger partial charge in [0.15, 0.2) is 5.78 Å². The highest BCUT2D eigenvalue weighted by atomic mass is 32.1. The molecule has 1 atom stereocenters. The third-order valence-corrected chi connectivity index (χ3v) is 2.71. The third-order valence-electron chi connectivity index (χ3n) is 1.78. The Morgan fingerprint density at radius 2 is 2.54 bits per heavy atom. The average Bonchev–Trinajstić information content (AvgIpc) is 2.59. The standard InChI is InChI=1S/C10H11NOS/c1-2-4-9(12)8(7-11)10-5-3-6-13-10/h3,5-6,8H,2,4H2,1H3. The summed E-state index contributed by atoms with van der Waals surface area (Å²) in [5, 5.41) is 10.7. The van der Waals surface area contributed by atoms with Gasteiger partial charge in [0.2, 0.25) is 0 Å². The maximum atomic E-state index is 11.5. The van der Waals surface area contributed by atoms with Crippen molar-refractivity contribution >= 4 is 17.1 Å². The molecule has 0 aliphatic carbocycles. The van der Waals surface area contributed by atoms with Crippen LogP contribution in [0.3, 0.4) is 0 Å². The first kappa shape index (κ1) is 9.94. The van der Waals surface area contributed by atoms with Crippen molar-refractivity contribution < 1.29 is 4.79 Å². The molecule has 3 heteroatoms. The molecule has 0 spiro atoms. The van der Waals surface area contributed by atoms with Gasteiger partial charge in [-0.25, -0.2) is 0 Å². The number of thiophene rings is 1. The van der Waals surface area contributed by atoms with Crippen molar-refractivity contribution in [1.29, 1.82) is 5.26 Å². The van der Waals surface area contributed by atoms with Gasteiger partial charge in [0.1, 0.15) is 5.92 Å². The lowest BCUT2D eigenvalue weighted by Crippen LogP contribution is -2.08. The van der Waals surface area contributed by atoms with Crippen LogP contribution >= 0.6 is 11.3 Å². The van der Waals surface area contributed by atoms with Crippen LogP contribution in [0.25, 0.3) is 0 Å². The molecule has 0 radical (unpaired) electrons. The molecular formula is C10H11NOS. The molecule has 0 fully saturated rings. The first-order valence-corrected chi connectivity index (χ1v) is 5.13. The lowest BCUT2D eigenvalue weighted by Gasteiger charge is -2.03. The zero-order valence-electron chi connectivity index (χ0n) is 7.49. The van der Waals surface area contributed by atoms with E-state index in [0.29, 0.717) is 6.42 Å². The summed E-state index contributed by atoms with van der Waals surface area (Å²) in [6, 6.07) is 5.75. The predicted octanol–water partition coefficient (Wildman–Crippen LogP) is 2.72. The first-order chi connectivity index (χ1) is 6.29. The van der Waals surface area contributed by atoms with Crippen molar-refractivity contribution in [3.8, 4) is 6.07 Å². The average molecular weight is 193 g/mol. The highest BCUT2D eigenvalue weighted by Crippen LogP contribution is 2.22. The molecule has 68 valence electrons. The van der Waals surface area contributed by atoms with E-state index in [1.54, 1.807) is 0 Å². The van der Waals surface area contributed by atoms with E-state index in [0.717, 1.165) is 11.3 Å². The fraction of sp³-hybridized carbons (Fsp3) is 0.400. The minimum atomic E-state index is -0.542. The van der Waals surface area contributed by atoms with Gasteiger partial charge >= 0.3 is 0 Å². The van der Waals surface area contributed by atoms with Crippen LogP contribution in [-0.4, -0.2) is 5.78 Å². The zero-order chi connectivity index (χ0) is 9.68. The molecule has 0 saturated heterocycles. The number of Topliss-reactive ketones (excluding diaryl/α,β-unsaturated/α-hetero) is 1. The highest BCUT2D eigenvalue weighted by molar-refractivity contribution is 7.10. The Morgan fingerprint density at radius 3 is 3.00 bits per heavy atom. The molecule has 0 saturated carbocycles. The molecule has 0 aliphatic heterocycles. The maximum absolute atomic E-state index is 11.5. The van der Waals surface area contributed by atoms with Gasteiger partial charge in [-0.2, -0.15) is 5.26 Å². The smallest absolute Gasteiger partial charge is 0.155 e. The SMILES string of the molecule is CCCC(=O)C(C#N)c1cccs1. The Balaban J connectivity index is 2.76. The van der Waals surface area contributed by atoms with E-state index < -0.39 is 5.92 Å². The molecule has 2 nitrogen and oxygen atoms in total. The van der Waals surface area contributed by atoms with Crippen LogP contribution in [0.4, 0.5) is 0 Å². The van der Waals surface area contributed by atoms with E-state index in [1.807, 2.05) is 30.5 Å². The van der Waals surface area contributed by atoms with E-state index in [4.69, 9.17) is 5.26 Å². The van der Waals surface area contributed by atoms with Crippen LogP contribution in [0.1, 0.15) is 30.6 Å². The molecular weight excluding hydrogens is 182 g/mol. The number of carbonyl (C=O) groups is 1. The summed E-state index contributed by atoms with van der Waals surface area (Å²) in [6.45, 7) is 1.95. The van der Waals surface area contributed by atoms with Crippen LogP contribution in [0.2, 0.25) is 0 Å². The molecule has 0 amide bonds. The Labute approximate surface area is 81.8 Å². The molecule has 1 rings (SSSR count). The largest absolute Gasteiger partial charge is 0.298 e. The number of nitriles is 1. The van der Waals surface area contributed by atoms with Crippen molar-refractivity contribution in [1.82, 2.24) is 0 Å². The molecule has 1 aromatic rings.